The number of anilines is 2. The minimum atomic E-state index is 0. The summed E-state index contributed by atoms with van der Waals surface area (Å²) < 4.78 is 0. The van der Waals surface area contributed by atoms with E-state index in [2.05, 4.69) is 10.6 Å². The Morgan fingerprint density at radius 1 is 1.17 bits per heavy atom. The summed E-state index contributed by atoms with van der Waals surface area (Å²) in [4.78, 5) is 23.4. The second kappa shape index (κ2) is 10.2. The largest absolute Gasteiger partial charge is 0.330 e. The highest BCUT2D eigenvalue weighted by Crippen LogP contribution is 2.25. The minimum absolute atomic E-state index is 0. The molecule has 1 aromatic rings. The van der Waals surface area contributed by atoms with E-state index in [0.29, 0.717) is 12.8 Å². The molecule has 0 atom stereocenters. The van der Waals surface area contributed by atoms with Crippen molar-refractivity contribution in [1.29, 1.82) is 0 Å². The van der Waals surface area contributed by atoms with E-state index in [1.165, 1.54) is 0 Å². The predicted octanol–water partition coefficient (Wildman–Crippen LogP) is 3.23. The van der Waals surface area contributed by atoms with Crippen LogP contribution >= 0.6 is 12.4 Å². The van der Waals surface area contributed by atoms with Gasteiger partial charge in [0.2, 0.25) is 11.8 Å². The van der Waals surface area contributed by atoms with Crippen molar-refractivity contribution >= 4 is 35.6 Å². The van der Waals surface area contributed by atoms with Gasteiger partial charge < -0.3 is 16.4 Å². The minimum Gasteiger partial charge on any atom is -0.330 e. The zero-order valence-electron chi connectivity index (χ0n) is 13.4. The van der Waals surface area contributed by atoms with E-state index in [9.17, 15) is 9.59 Å². The van der Waals surface area contributed by atoms with Crippen LogP contribution in [0.25, 0.3) is 0 Å². The number of benzene rings is 1. The quantitative estimate of drug-likeness (QED) is 0.667. The number of hydrogen-bond donors (Lipinski definition) is 3. The van der Waals surface area contributed by atoms with Crippen molar-refractivity contribution in [3.63, 3.8) is 0 Å². The van der Waals surface area contributed by atoms with E-state index in [4.69, 9.17) is 5.73 Å². The summed E-state index contributed by atoms with van der Waals surface area (Å²) in [6.07, 6.45) is 6.85. The van der Waals surface area contributed by atoms with E-state index in [-0.39, 0.29) is 24.2 Å². The third-order valence-corrected chi connectivity index (χ3v) is 3.87. The lowest BCUT2D eigenvalue weighted by atomic mass is 10.1. The van der Waals surface area contributed by atoms with Crippen LogP contribution < -0.4 is 16.4 Å². The molecule has 128 valence electrons. The van der Waals surface area contributed by atoms with Crippen LogP contribution in [0.3, 0.4) is 0 Å². The number of aryl methyl sites for hydroxylation is 1. The van der Waals surface area contributed by atoms with E-state index in [1.54, 1.807) is 0 Å². The summed E-state index contributed by atoms with van der Waals surface area (Å²) in [5.74, 6) is 0.110. The Labute approximate surface area is 143 Å². The molecule has 0 bridgehead atoms. The molecule has 1 aliphatic rings. The summed E-state index contributed by atoms with van der Waals surface area (Å²) in [7, 11) is 0. The van der Waals surface area contributed by atoms with Gasteiger partial charge >= 0.3 is 0 Å². The number of hydrogen-bond acceptors (Lipinski definition) is 3. The second-order valence-electron chi connectivity index (χ2n) is 5.77. The smallest absolute Gasteiger partial charge is 0.224 e. The third kappa shape index (κ3) is 6.59. The SMILES string of the molecule is Cl.NCCCCCCC(=O)Nc1ccc2c(c1)CCCC(=O)N2. The fourth-order valence-corrected chi connectivity index (χ4v) is 2.66. The standard InChI is InChI=1S/C17H25N3O2.ClH/c18-11-4-2-1-3-7-16(21)19-14-9-10-15-13(12-14)6-5-8-17(22)20-15;/h9-10,12H,1-8,11,18H2,(H,19,21)(H,20,22);1H. The summed E-state index contributed by atoms with van der Waals surface area (Å²) in [6.45, 7) is 0.720. The van der Waals surface area contributed by atoms with Crippen LogP contribution in [0.5, 0.6) is 0 Å². The van der Waals surface area contributed by atoms with Crippen molar-refractivity contribution < 1.29 is 9.59 Å². The maximum atomic E-state index is 11.9. The van der Waals surface area contributed by atoms with Crippen molar-refractivity contribution in [2.75, 3.05) is 17.2 Å². The highest BCUT2D eigenvalue weighted by atomic mass is 35.5. The molecule has 4 N–H and O–H groups in total. The van der Waals surface area contributed by atoms with Gasteiger partial charge in [-0.1, -0.05) is 12.8 Å². The highest BCUT2D eigenvalue weighted by molar-refractivity contribution is 5.94. The average Bonchev–Trinajstić information content (AvgIpc) is 2.67. The Hall–Kier alpha value is -1.59. The number of carbonyl (C=O) groups is 2. The molecular weight excluding hydrogens is 314 g/mol. The Bertz CT molecular complexity index is 535. The van der Waals surface area contributed by atoms with Crippen LogP contribution in [0.2, 0.25) is 0 Å². The Morgan fingerprint density at radius 3 is 2.74 bits per heavy atom. The normalized spacial score (nSPS) is 13.3. The summed E-state index contributed by atoms with van der Waals surface area (Å²) in [6, 6.07) is 5.68. The third-order valence-electron chi connectivity index (χ3n) is 3.87. The molecule has 2 amide bonds. The zero-order chi connectivity index (χ0) is 15.8. The molecule has 1 aliphatic heterocycles. The average molecular weight is 340 g/mol. The summed E-state index contributed by atoms with van der Waals surface area (Å²) >= 11 is 0. The van der Waals surface area contributed by atoms with Gasteiger partial charge in [0.05, 0.1) is 0 Å². The van der Waals surface area contributed by atoms with Crippen molar-refractivity contribution in [3.05, 3.63) is 23.8 Å². The number of unbranched alkanes of at least 4 members (excludes halogenated alkanes) is 3. The first-order valence-corrected chi connectivity index (χ1v) is 8.12. The van der Waals surface area contributed by atoms with Gasteiger partial charge in [0.15, 0.2) is 0 Å². The molecule has 0 aromatic heterocycles. The fourth-order valence-electron chi connectivity index (χ4n) is 2.66. The Balaban J connectivity index is 0.00000264. The topological polar surface area (TPSA) is 84.2 Å². The first-order valence-electron chi connectivity index (χ1n) is 8.12. The molecule has 0 unspecified atom stereocenters. The van der Waals surface area contributed by atoms with Gasteiger partial charge in [-0.25, -0.2) is 0 Å². The lowest BCUT2D eigenvalue weighted by Gasteiger charge is -2.10. The lowest BCUT2D eigenvalue weighted by molar-refractivity contribution is -0.117. The number of fused-ring (bicyclic) bond motifs is 1. The molecule has 0 saturated heterocycles. The molecule has 1 aromatic carbocycles. The van der Waals surface area contributed by atoms with Crippen LogP contribution in [-0.2, 0) is 16.0 Å². The number of nitrogens with one attached hydrogen (secondary N) is 2. The molecule has 6 heteroatoms. The molecule has 0 aliphatic carbocycles. The highest BCUT2D eigenvalue weighted by Gasteiger charge is 2.13. The van der Waals surface area contributed by atoms with Gasteiger partial charge in [0.25, 0.3) is 0 Å². The summed E-state index contributed by atoms with van der Waals surface area (Å²) in [5.41, 5.74) is 8.20. The molecule has 0 fully saturated rings. The second-order valence-corrected chi connectivity index (χ2v) is 5.77. The molecular formula is C17H26ClN3O2. The molecule has 1 heterocycles. The van der Waals surface area contributed by atoms with Gasteiger partial charge in [-0.2, -0.15) is 0 Å². The van der Waals surface area contributed by atoms with E-state index < -0.39 is 0 Å². The number of rotatable bonds is 7. The molecule has 0 spiro atoms. The monoisotopic (exact) mass is 339 g/mol. The van der Waals surface area contributed by atoms with Crippen LogP contribution in [0.4, 0.5) is 11.4 Å². The predicted molar refractivity (Wildman–Crippen MR) is 96.0 cm³/mol. The van der Waals surface area contributed by atoms with E-state index >= 15 is 0 Å². The van der Waals surface area contributed by atoms with Crippen LogP contribution in [0.15, 0.2) is 18.2 Å². The van der Waals surface area contributed by atoms with Crippen molar-refractivity contribution in [1.82, 2.24) is 0 Å². The Morgan fingerprint density at radius 2 is 1.96 bits per heavy atom. The van der Waals surface area contributed by atoms with Gasteiger partial charge in [-0.05, 0) is 56.0 Å². The Kier molecular flexibility index (Phi) is 8.66. The van der Waals surface area contributed by atoms with Crippen molar-refractivity contribution in [2.45, 2.75) is 51.4 Å². The first kappa shape index (κ1) is 19.5. The molecule has 0 saturated carbocycles. The molecule has 23 heavy (non-hydrogen) atoms. The maximum Gasteiger partial charge on any atom is 0.224 e. The number of halogens is 1. The van der Waals surface area contributed by atoms with Crippen molar-refractivity contribution in [2.24, 2.45) is 5.73 Å². The van der Waals surface area contributed by atoms with Gasteiger partial charge in [0.1, 0.15) is 0 Å². The van der Waals surface area contributed by atoms with E-state index in [1.807, 2.05) is 18.2 Å². The number of amides is 2. The lowest BCUT2D eigenvalue weighted by Crippen LogP contribution is -2.12. The molecule has 5 nitrogen and oxygen atoms in total. The number of carbonyl (C=O) groups excluding carboxylic acids is 2. The zero-order valence-corrected chi connectivity index (χ0v) is 14.2. The van der Waals surface area contributed by atoms with E-state index in [0.717, 1.165) is 62.0 Å². The van der Waals surface area contributed by atoms with Gasteiger partial charge in [-0.15, -0.1) is 12.4 Å². The first-order chi connectivity index (χ1) is 10.7. The maximum absolute atomic E-state index is 11.9. The number of nitrogens with two attached hydrogens (primary N) is 1. The fraction of sp³-hybridized carbons (Fsp3) is 0.529. The molecule has 0 radical (unpaired) electrons. The van der Waals surface area contributed by atoms with Crippen LogP contribution in [0, 0.1) is 0 Å². The van der Waals surface area contributed by atoms with Gasteiger partial charge in [0, 0.05) is 24.2 Å². The van der Waals surface area contributed by atoms with Crippen LogP contribution in [0.1, 0.15) is 50.5 Å². The summed E-state index contributed by atoms with van der Waals surface area (Å²) in [5, 5.41) is 5.83. The molecule has 2 rings (SSSR count). The van der Waals surface area contributed by atoms with Crippen molar-refractivity contribution in [3.8, 4) is 0 Å². The van der Waals surface area contributed by atoms with Gasteiger partial charge in [-0.3, -0.25) is 9.59 Å². The van der Waals surface area contributed by atoms with Crippen LogP contribution in [-0.4, -0.2) is 18.4 Å².